The first-order valence-electron chi connectivity index (χ1n) is 7.44. The smallest absolute Gasteiger partial charge is 0.240 e. The van der Waals surface area contributed by atoms with Crippen LogP contribution in [0.15, 0.2) is 23.1 Å². The maximum atomic E-state index is 12.4. The van der Waals surface area contributed by atoms with Gasteiger partial charge in [-0.3, -0.25) is 0 Å². The second kappa shape index (κ2) is 9.15. The Morgan fingerprint density at radius 3 is 2.62 bits per heavy atom. The zero-order valence-corrected chi connectivity index (χ0v) is 13.7. The minimum atomic E-state index is -3.51. The van der Waals surface area contributed by atoms with Crippen LogP contribution in [0.5, 0.6) is 0 Å². The number of ether oxygens (including phenoxy) is 1. The third-order valence-corrected chi connectivity index (χ3v) is 4.76. The second-order valence-corrected chi connectivity index (χ2v) is 6.60. The zero-order chi connectivity index (χ0) is 15.7. The lowest BCUT2D eigenvalue weighted by molar-refractivity contribution is 0.136. The van der Waals surface area contributed by atoms with E-state index in [2.05, 4.69) is 11.6 Å². The van der Waals surface area contributed by atoms with Crippen LogP contribution in [-0.2, 0) is 27.7 Å². The van der Waals surface area contributed by atoms with E-state index in [-0.39, 0.29) is 6.54 Å². The SMILES string of the molecule is CCCCOCCNS(=O)(=O)c1cc(CN)ccc1CC. The van der Waals surface area contributed by atoms with Crippen molar-refractivity contribution < 1.29 is 13.2 Å². The largest absolute Gasteiger partial charge is 0.380 e. The number of rotatable bonds is 10. The minimum absolute atomic E-state index is 0.280. The molecule has 0 aliphatic heterocycles. The van der Waals surface area contributed by atoms with Crippen molar-refractivity contribution in [2.45, 2.75) is 44.6 Å². The topological polar surface area (TPSA) is 81.4 Å². The van der Waals surface area contributed by atoms with Gasteiger partial charge < -0.3 is 10.5 Å². The molecule has 120 valence electrons. The third-order valence-electron chi connectivity index (χ3n) is 3.22. The van der Waals surface area contributed by atoms with E-state index in [4.69, 9.17) is 10.5 Å². The Morgan fingerprint density at radius 1 is 1.24 bits per heavy atom. The van der Waals surface area contributed by atoms with Crippen molar-refractivity contribution in [2.75, 3.05) is 19.8 Å². The molecule has 0 aromatic heterocycles. The first-order chi connectivity index (χ1) is 10.0. The van der Waals surface area contributed by atoms with Crippen LogP contribution in [0.1, 0.15) is 37.8 Å². The number of hydrogen-bond acceptors (Lipinski definition) is 4. The number of nitrogens with one attached hydrogen (secondary N) is 1. The molecule has 1 rings (SSSR count). The number of unbranched alkanes of at least 4 members (excludes halogenated alkanes) is 1. The van der Waals surface area contributed by atoms with Crippen molar-refractivity contribution in [1.29, 1.82) is 0 Å². The predicted octanol–water partition coefficient (Wildman–Crippen LogP) is 1.80. The average molecular weight is 314 g/mol. The van der Waals surface area contributed by atoms with Crippen molar-refractivity contribution in [2.24, 2.45) is 5.73 Å². The molecule has 6 heteroatoms. The van der Waals surface area contributed by atoms with Gasteiger partial charge in [0.1, 0.15) is 0 Å². The van der Waals surface area contributed by atoms with E-state index in [1.54, 1.807) is 6.07 Å². The Morgan fingerprint density at radius 2 is 2.00 bits per heavy atom. The molecule has 0 atom stereocenters. The maximum absolute atomic E-state index is 12.4. The van der Waals surface area contributed by atoms with Gasteiger partial charge in [0.05, 0.1) is 11.5 Å². The fraction of sp³-hybridized carbons (Fsp3) is 0.600. The summed E-state index contributed by atoms with van der Waals surface area (Å²) in [6.07, 6.45) is 2.72. The first kappa shape index (κ1) is 18.1. The lowest BCUT2D eigenvalue weighted by Crippen LogP contribution is -2.28. The molecule has 0 fully saturated rings. The maximum Gasteiger partial charge on any atom is 0.240 e. The summed E-state index contributed by atoms with van der Waals surface area (Å²) in [4.78, 5) is 0.321. The van der Waals surface area contributed by atoms with Crippen molar-refractivity contribution in [1.82, 2.24) is 4.72 Å². The van der Waals surface area contributed by atoms with Crippen molar-refractivity contribution in [3.8, 4) is 0 Å². The molecule has 0 radical (unpaired) electrons. The Balaban J connectivity index is 2.69. The van der Waals surface area contributed by atoms with Gasteiger partial charge in [-0.2, -0.15) is 0 Å². The summed E-state index contributed by atoms with van der Waals surface area (Å²) in [5.74, 6) is 0. The normalized spacial score (nSPS) is 11.8. The monoisotopic (exact) mass is 314 g/mol. The third kappa shape index (κ3) is 5.74. The van der Waals surface area contributed by atoms with Gasteiger partial charge in [0.25, 0.3) is 0 Å². The number of benzene rings is 1. The summed E-state index contributed by atoms with van der Waals surface area (Å²) in [6.45, 7) is 5.68. The summed E-state index contributed by atoms with van der Waals surface area (Å²) in [6, 6.07) is 5.35. The molecule has 0 spiro atoms. The summed E-state index contributed by atoms with van der Waals surface area (Å²) >= 11 is 0. The van der Waals surface area contributed by atoms with Gasteiger partial charge >= 0.3 is 0 Å². The van der Waals surface area contributed by atoms with Crippen LogP contribution in [0.3, 0.4) is 0 Å². The molecule has 0 aliphatic rings. The highest BCUT2D eigenvalue weighted by atomic mass is 32.2. The highest BCUT2D eigenvalue weighted by Crippen LogP contribution is 2.18. The number of sulfonamides is 1. The van der Waals surface area contributed by atoms with Gasteiger partial charge in [0.2, 0.25) is 10.0 Å². The molecule has 0 saturated carbocycles. The van der Waals surface area contributed by atoms with Gasteiger partial charge in [-0.25, -0.2) is 13.1 Å². The van der Waals surface area contributed by atoms with Gasteiger partial charge in [0, 0.05) is 19.7 Å². The van der Waals surface area contributed by atoms with Gasteiger partial charge in [-0.05, 0) is 30.0 Å². The average Bonchev–Trinajstić information content (AvgIpc) is 2.50. The van der Waals surface area contributed by atoms with Crippen molar-refractivity contribution in [3.63, 3.8) is 0 Å². The molecule has 3 N–H and O–H groups in total. The molecule has 0 unspecified atom stereocenters. The van der Waals surface area contributed by atoms with E-state index >= 15 is 0 Å². The first-order valence-corrected chi connectivity index (χ1v) is 8.92. The number of nitrogens with two attached hydrogens (primary N) is 1. The molecule has 0 bridgehead atoms. The summed E-state index contributed by atoms with van der Waals surface area (Å²) in [7, 11) is -3.51. The molecular weight excluding hydrogens is 288 g/mol. The fourth-order valence-corrected chi connectivity index (χ4v) is 3.31. The molecule has 5 nitrogen and oxygen atoms in total. The molecule has 21 heavy (non-hydrogen) atoms. The quantitative estimate of drug-likeness (QED) is 0.645. The molecule has 0 saturated heterocycles. The lowest BCUT2D eigenvalue weighted by Gasteiger charge is -2.12. The van der Waals surface area contributed by atoms with E-state index in [0.29, 0.717) is 31.1 Å². The van der Waals surface area contributed by atoms with Crippen LogP contribution >= 0.6 is 0 Å². The van der Waals surface area contributed by atoms with Gasteiger partial charge in [-0.15, -0.1) is 0 Å². The number of hydrogen-bond donors (Lipinski definition) is 2. The summed E-state index contributed by atoms with van der Waals surface area (Å²) in [5, 5.41) is 0. The molecular formula is C15H26N2O3S. The van der Waals surface area contributed by atoms with Crippen LogP contribution in [0.2, 0.25) is 0 Å². The molecule has 1 aromatic rings. The van der Waals surface area contributed by atoms with E-state index < -0.39 is 10.0 Å². The Kier molecular flexibility index (Phi) is 7.88. The summed E-state index contributed by atoms with van der Waals surface area (Å²) in [5.41, 5.74) is 7.20. The Bertz CT molecular complexity index is 530. The van der Waals surface area contributed by atoms with Crippen LogP contribution < -0.4 is 10.5 Å². The van der Waals surface area contributed by atoms with Crippen LogP contribution in [0.25, 0.3) is 0 Å². The zero-order valence-electron chi connectivity index (χ0n) is 12.9. The molecule has 0 aliphatic carbocycles. The van der Waals surface area contributed by atoms with E-state index in [1.807, 2.05) is 19.1 Å². The van der Waals surface area contributed by atoms with Gasteiger partial charge in [0.15, 0.2) is 0 Å². The van der Waals surface area contributed by atoms with Gasteiger partial charge in [-0.1, -0.05) is 32.4 Å². The standard InChI is InChI=1S/C15H26N2O3S/c1-3-5-9-20-10-8-17-21(18,19)15-11-13(12-16)6-7-14(15)4-2/h6-7,11,17H,3-5,8-10,12,16H2,1-2H3. The molecule has 1 aromatic carbocycles. The highest BCUT2D eigenvalue weighted by Gasteiger charge is 2.17. The van der Waals surface area contributed by atoms with E-state index in [1.165, 1.54) is 0 Å². The second-order valence-electron chi connectivity index (χ2n) is 4.86. The molecule has 0 amide bonds. The van der Waals surface area contributed by atoms with E-state index in [9.17, 15) is 8.42 Å². The van der Waals surface area contributed by atoms with Crippen LogP contribution in [-0.4, -0.2) is 28.2 Å². The van der Waals surface area contributed by atoms with Crippen molar-refractivity contribution in [3.05, 3.63) is 29.3 Å². The van der Waals surface area contributed by atoms with E-state index in [0.717, 1.165) is 24.0 Å². The Hall–Kier alpha value is -0.950. The fourth-order valence-electron chi connectivity index (χ4n) is 1.94. The number of aryl methyl sites for hydroxylation is 1. The van der Waals surface area contributed by atoms with Crippen LogP contribution in [0.4, 0.5) is 0 Å². The minimum Gasteiger partial charge on any atom is -0.380 e. The highest BCUT2D eigenvalue weighted by molar-refractivity contribution is 7.89. The predicted molar refractivity (Wildman–Crippen MR) is 84.6 cm³/mol. The summed E-state index contributed by atoms with van der Waals surface area (Å²) < 4.78 is 32.7. The van der Waals surface area contributed by atoms with Crippen molar-refractivity contribution >= 4 is 10.0 Å². The van der Waals surface area contributed by atoms with Crippen LogP contribution in [0, 0.1) is 0 Å². The molecule has 0 heterocycles. The Labute approximate surface area is 127 Å². The lowest BCUT2D eigenvalue weighted by atomic mass is 10.1.